The molecule has 0 aromatic heterocycles. The van der Waals surface area contributed by atoms with Crippen molar-refractivity contribution in [2.24, 2.45) is 5.92 Å². The Bertz CT molecular complexity index is 490. The molecule has 1 unspecified atom stereocenters. The van der Waals surface area contributed by atoms with Crippen LogP contribution < -0.4 is 10.1 Å². The van der Waals surface area contributed by atoms with Crippen molar-refractivity contribution in [2.45, 2.75) is 33.2 Å². The molecule has 1 aromatic rings. The van der Waals surface area contributed by atoms with Crippen molar-refractivity contribution in [1.29, 1.82) is 0 Å². The van der Waals surface area contributed by atoms with Crippen molar-refractivity contribution < 1.29 is 9.53 Å². The smallest absolute Gasteiger partial charge is 0.227 e. The fourth-order valence-corrected chi connectivity index (χ4v) is 3.18. The van der Waals surface area contributed by atoms with Crippen molar-refractivity contribution in [3.63, 3.8) is 0 Å². The lowest BCUT2D eigenvalue weighted by atomic mass is 9.98. The third-order valence-corrected chi connectivity index (χ3v) is 4.17. The van der Waals surface area contributed by atoms with E-state index in [1.807, 2.05) is 25.8 Å². The highest BCUT2D eigenvalue weighted by molar-refractivity contribution is 5.85. The van der Waals surface area contributed by atoms with Crippen molar-refractivity contribution in [1.82, 2.24) is 10.2 Å². The summed E-state index contributed by atoms with van der Waals surface area (Å²) < 4.78 is 5.39. The topological polar surface area (TPSA) is 41.6 Å². The van der Waals surface area contributed by atoms with Gasteiger partial charge in [-0.05, 0) is 49.9 Å². The Kier molecular flexibility index (Phi) is 7.17. The summed E-state index contributed by atoms with van der Waals surface area (Å²) in [4.78, 5) is 14.3. The second kappa shape index (κ2) is 8.39. The monoisotopic (exact) mass is 326 g/mol. The fourth-order valence-electron chi connectivity index (χ4n) is 3.18. The number of piperidine rings is 1. The summed E-state index contributed by atoms with van der Waals surface area (Å²) in [7, 11) is 3.59. The summed E-state index contributed by atoms with van der Waals surface area (Å²) in [5, 5.41) is 3.30. The zero-order chi connectivity index (χ0) is 15.4. The highest BCUT2D eigenvalue weighted by Gasteiger charge is 2.24. The molecule has 0 bridgehead atoms. The average Bonchev–Trinajstić information content (AvgIpc) is 2.47. The van der Waals surface area contributed by atoms with Crippen molar-refractivity contribution in [3.05, 3.63) is 28.8 Å². The molecule has 0 spiro atoms. The van der Waals surface area contributed by atoms with Crippen LogP contribution in [-0.2, 0) is 11.3 Å². The summed E-state index contributed by atoms with van der Waals surface area (Å²) in [5.74, 6) is 1.31. The molecule has 1 aliphatic heterocycles. The standard InChI is InChI=1S/C17H26N2O2.ClH/c1-12-8-14(9-13(2)16(12)21-4)11-19(3)17(20)15-6-5-7-18-10-15;/h8-9,15,18H,5-7,10-11H2,1-4H3;1H. The van der Waals surface area contributed by atoms with Gasteiger partial charge in [0.25, 0.3) is 0 Å². The van der Waals surface area contributed by atoms with E-state index >= 15 is 0 Å². The predicted octanol–water partition coefficient (Wildman–Crippen LogP) is 2.69. The Labute approximate surface area is 139 Å². The van der Waals surface area contributed by atoms with Gasteiger partial charge in [-0.15, -0.1) is 12.4 Å². The number of nitrogens with zero attached hydrogens (tertiary/aromatic N) is 1. The number of benzene rings is 1. The lowest BCUT2D eigenvalue weighted by Crippen LogP contribution is -2.41. The van der Waals surface area contributed by atoms with E-state index in [4.69, 9.17) is 4.74 Å². The maximum absolute atomic E-state index is 12.5. The SMILES string of the molecule is COc1c(C)cc(CN(C)C(=O)C2CCCNC2)cc1C.Cl. The molecule has 1 heterocycles. The van der Waals surface area contributed by atoms with Crippen LogP contribution in [0.3, 0.4) is 0 Å². The van der Waals surface area contributed by atoms with Crippen LogP contribution in [0.5, 0.6) is 5.75 Å². The maximum atomic E-state index is 12.5. The van der Waals surface area contributed by atoms with Crippen molar-refractivity contribution >= 4 is 18.3 Å². The quantitative estimate of drug-likeness (QED) is 0.925. The molecule has 22 heavy (non-hydrogen) atoms. The molecule has 1 fully saturated rings. The molecule has 124 valence electrons. The predicted molar refractivity (Wildman–Crippen MR) is 91.8 cm³/mol. The van der Waals surface area contributed by atoms with Crippen LogP contribution in [-0.4, -0.2) is 38.1 Å². The minimum Gasteiger partial charge on any atom is -0.496 e. The lowest BCUT2D eigenvalue weighted by Gasteiger charge is -2.27. The number of halogens is 1. The van der Waals surface area contributed by atoms with Gasteiger partial charge in [0, 0.05) is 20.1 Å². The molecular weight excluding hydrogens is 300 g/mol. The van der Waals surface area contributed by atoms with Crippen molar-refractivity contribution in [2.75, 3.05) is 27.2 Å². The highest BCUT2D eigenvalue weighted by Crippen LogP contribution is 2.25. The van der Waals surface area contributed by atoms with Gasteiger partial charge in [0.1, 0.15) is 5.75 Å². The lowest BCUT2D eigenvalue weighted by molar-refractivity contribution is -0.135. The molecule has 1 saturated heterocycles. The summed E-state index contributed by atoms with van der Waals surface area (Å²) in [6.45, 7) is 6.58. The summed E-state index contributed by atoms with van der Waals surface area (Å²) >= 11 is 0. The van der Waals surface area contributed by atoms with Gasteiger partial charge >= 0.3 is 0 Å². The molecule has 1 N–H and O–H groups in total. The van der Waals surface area contributed by atoms with E-state index in [-0.39, 0.29) is 24.2 Å². The maximum Gasteiger partial charge on any atom is 0.227 e. The molecular formula is C17H27ClN2O2. The third-order valence-electron chi connectivity index (χ3n) is 4.17. The normalized spacial score (nSPS) is 17.5. The van der Waals surface area contributed by atoms with E-state index in [1.165, 1.54) is 0 Å². The van der Waals surface area contributed by atoms with Crippen LogP contribution in [0.4, 0.5) is 0 Å². The molecule has 1 atom stereocenters. The number of ether oxygens (including phenoxy) is 1. The first kappa shape index (κ1) is 18.8. The zero-order valence-corrected chi connectivity index (χ0v) is 14.8. The Hall–Kier alpha value is -1.26. The number of carbonyl (C=O) groups is 1. The second-order valence-corrected chi connectivity index (χ2v) is 6.00. The minimum atomic E-state index is 0. The number of nitrogens with one attached hydrogen (secondary N) is 1. The zero-order valence-electron chi connectivity index (χ0n) is 13.9. The van der Waals surface area contributed by atoms with Gasteiger partial charge in [-0.2, -0.15) is 0 Å². The summed E-state index contributed by atoms with van der Waals surface area (Å²) in [5.41, 5.74) is 3.39. The van der Waals surface area contributed by atoms with Gasteiger partial charge < -0.3 is 15.0 Å². The average molecular weight is 327 g/mol. The van der Waals surface area contributed by atoms with Gasteiger partial charge in [0.05, 0.1) is 13.0 Å². The molecule has 1 aliphatic rings. The Morgan fingerprint density at radius 3 is 2.50 bits per heavy atom. The summed E-state index contributed by atoms with van der Waals surface area (Å²) in [6, 6.07) is 4.21. The molecule has 5 heteroatoms. The molecule has 0 aliphatic carbocycles. The molecule has 2 rings (SSSR count). The van der Waals surface area contributed by atoms with Crippen LogP contribution in [0.1, 0.15) is 29.5 Å². The number of aryl methyl sites for hydroxylation is 2. The summed E-state index contributed by atoms with van der Waals surface area (Å²) in [6.07, 6.45) is 2.09. The van der Waals surface area contributed by atoms with E-state index in [2.05, 4.69) is 17.4 Å². The van der Waals surface area contributed by atoms with Gasteiger partial charge in [-0.3, -0.25) is 4.79 Å². The Morgan fingerprint density at radius 2 is 2.00 bits per heavy atom. The highest BCUT2D eigenvalue weighted by atomic mass is 35.5. The molecule has 1 aromatic carbocycles. The van der Waals surface area contributed by atoms with Gasteiger partial charge in [0.2, 0.25) is 5.91 Å². The van der Waals surface area contributed by atoms with Crippen LogP contribution in [0.25, 0.3) is 0 Å². The van der Waals surface area contributed by atoms with Gasteiger partial charge in [-0.25, -0.2) is 0 Å². The van der Waals surface area contributed by atoms with E-state index in [0.717, 1.165) is 48.4 Å². The first-order valence-corrected chi connectivity index (χ1v) is 7.62. The van der Waals surface area contributed by atoms with Crippen LogP contribution in [0, 0.1) is 19.8 Å². The van der Waals surface area contributed by atoms with E-state index < -0.39 is 0 Å². The molecule has 0 saturated carbocycles. The first-order valence-electron chi connectivity index (χ1n) is 7.62. The number of rotatable bonds is 4. The number of hydrogen-bond donors (Lipinski definition) is 1. The molecule has 4 nitrogen and oxygen atoms in total. The number of amides is 1. The van der Waals surface area contributed by atoms with E-state index in [0.29, 0.717) is 6.54 Å². The fraction of sp³-hybridized carbons (Fsp3) is 0.588. The number of carbonyl (C=O) groups excluding carboxylic acids is 1. The third kappa shape index (κ3) is 4.37. The van der Waals surface area contributed by atoms with Crippen LogP contribution in [0.2, 0.25) is 0 Å². The number of methoxy groups -OCH3 is 1. The minimum absolute atomic E-state index is 0. The second-order valence-electron chi connectivity index (χ2n) is 6.00. The van der Waals surface area contributed by atoms with Crippen LogP contribution >= 0.6 is 12.4 Å². The van der Waals surface area contributed by atoms with E-state index in [9.17, 15) is 4.79 Å². The van der Waals surface area contributed by atoms with Gasteiger partial charge in [-0.1, -0.05) is 12.1 Å². The number of hydrogen-bond acceptors (Lipinski definition) is 3. The van der Waals surface area contributed by atoms with Gasteiger partial charge in [0.15, 0.2) is 0 Å². The Morgan fingerprint density at radius 1 is 1.36 bits per heavy atom. The van der Waals surface area contributed by atoms with Crippen molar-refractivity contribution in [3.8, 4) is 5.75 Å². The van der Waals surface area contributed by atoms with Crippen LogP contribution in [0.15, 0.2) is 12.1 Å². The van der Waals surface area contributed by atoms with E-state index in [1.54, 1.807) is 7.11 Å². The molecule has 1 amide bonds. The first-order chi connectivity index (χ1) is 10.0. The largest absolute Gasteiger partial charge is 0.496 e. The molecule has 0 radical (unpaired) electrons. The Balaban J connectivity index is 0.00000242.